The molecule has 0 bridgehead atoms. The van der Waals surface area contributed by atoms with Crippen LogP contribution >= 0.6 is 0 Å². The minimum Gasteiger partial charge on any atom is -0.353 e. The number of ether oxygens (including phenoxy) is 2. The maximum absolute atomic E-state index is 5.59. The van der Waals surface area contributed by atoms with Gasteiger partial charge in [-0.2, -0.15) is 0 Å². The van der Waals surface area contributed by atoms with Gasteiger partial charge in [-0.1, -0.05) is 19.8 Å². The average Bonchev–Trinajstić information content (AvgIpc) is 2.85. The predicted octanol–water partition coefficient (Wildman–Crippen LogP) is 2.40. The van der Waals surface area contributed by atoms with Crippen LogP contribution in [0.5, 0.6) is 0 Å². The van der Waals surface area contributed by atoms with Gasteiger partial charge in [0.2, 0.25) is 0 Å². The SMILES string of the molecule is CCN(CCC1OCCCO1)C1CCCC1. The second-order valence-electron chi connectivity index (χ2n) is 4.88. The highest BCUT2D eigenvalue weighted by Crippen LogP contribution is 2.23. The van der Waals surface area contributed by atoms with Gasteiger partial charge in [0, 0.05) is 19.0 Å². The Kier molecular flexibility index (Phi) is 5.07. The van der Waals surface area contributed by atoms with Crippen molar-refractivity contribution in [3.05, 3.63) is 0 Å². The summed E-state index contributed by atoms with van der Waals surface area (Å²) in [6, 6.07) is 0.827. The van der Waals surface area contributed by atoms with E-state index in [4.69, 9.17) is 9.47 Å². The topological polar surface area (TPSA) is 21.7 Å². The fraction of sp³-hybridized carbons (Fsp3) is 1.00. The van der Waals surface area contributed by atoms with Crippen LogP contribution in [-0.2, 0) is 9.47 Å². The van der Waals surface area contributed by atoms with Crippen molar-refractivity contribution < 1.29 is 9.47 Å². The number of rotatable bonds is 5. The molecule has 2 rings (SSSR count). The molecule has 0 spiro atoms. The second kappa shape index (κ2) is 6.58. The zero-order valence-electron chi connectivity index (χ0n) is 10.5. The first-order valence-electron chi connectivity index (χ1n) is 6.87. The third kappa shape index (κ3) is 3.44. The monoisotopic (exact) mass is 227 g/mol. The summed E-state index contributed by atoms with van der Waals surface area (Å²) in [5, 5.41) is 0. The largest absolute Gasteiger partial charge is 0.353 e. The maximum Gasteiger partial charge on any atom is 0.158 e. The number of hydrogen-bond acceptors (Lipinski definition) is 3. The number of nitrogens with zero attached hydrogens (tertiary/aromatic N) is 1. The van der Waals surface area contributed by atoms with Crippen LogP contribution in [0.1, 0.15) is 45.4 Å². The van der Waals surface area contributed by atoms with E-state index in [1.54, 1.807) is 0 Å². The van der Waals surface area contributed by atoms with Crippen LogP contribution in [-0.4, -0.2) is 43.5 Å². The van der Waals surface area contributed by atoms with Crippen LogP contribution in [0.25, 0.3) is 0 Å². The second-order valence-corrected chi connectivity index (χ2v) is 4.88. The first kappa shape index (κ1) is 12.3. The van der Waals surface area contributed by atoms with Gasteiger partial charge in [-0.25, -0.2) is 0 Å². The molecule has 0 aromatic heterocycles. The quantitative estimate of drug-likeness (QED) is 0.720. The van der Waals surface area contributed by atoms with E-state index in [1.165, 1.54) is 25.7 Å². The molecule has 1 heterocycles. The molecule has 1 aliphatic heterocycles. The Morgan fingerprint density at radius 1 is 1.06 bits per heavy atom. The lowest BCUT2D eigenvalue weighted by Crippen LogP contribution is -2.37. The lowest BCUT2D eigenvalue weighted by Gasteiger charge is -2.30. The summed E-state index contributed by atoms with van der Waals surface area (Å²) in [6.45, 7) is 6.31. The van der Waals surface area contributed by atoms with Crippen molar-refractivity contribution in [2.24, 2.45) is 0 Å². The smallest absolute Gasteiger partial charge is 0.158 e. The summed E-state index contributed by atoms with van der Waals surface area (Å²) in [5.41, 5.74) is 0. The van der Waals surface area contributed by atoms with Crippen molar-refractivity contribution in [2.75, 3.05) is 26.3 Å². The Balaban J connectivity index is 1.69. The summed E-state index contributed by atoms with van der Waals surface area (Å²) in [6.07, 6.45) is 7.75. The van der Waals surface area contributed by atoms with Crippen molar-refractivity contribution in [3.8, 4) is 0 Å². The molecule has 16 heavy (non-hydrogen) atoms. The molecular weight excluding hydrogens is 202 g/mol. The van der Waals surface area contributed by atoms with E-state index in [1.807, 2.05) is 0 Å². The Hall–Kier alpha value is -0.120. The normalized spacial score (nSPS) is 24.4. The van der Waals surface area contributed by atoms with Gasteiger partial charge in [0.25, 0.3) is 0 Å². The summed E-state index contributed by atoms with van der Waals surface area (Å²) in [5.74, 6) is 0. The molecule has 0 radical (unpaired) electrons. The lowest BCUT2D eigenvalue weighted by atomic mass is 10.2. The molecular formula is C13H25NO2. The van der Waals surface area contributed by atoms with Crippen molar-refractivity contribution in [3.63, 3.8) is 0 Å². The summed E-state index contributed by atoms with van der Waals surface area (Å²) in [4.78, 5) is 2.61. The molecule has 0 aromatic rings. The van der Waals surface area contributed by atoms with E-state index in [0.29, 0.717) is 0 Å². The molecule has 0 amide bonds. The Labute approximate surface area is 99.1 Å². The summed E-state index contributed by atoms with van der Waals surface area (Å²) >= 11 is 0. The lowest BCUT2D eigenvalue weighted by molar-refractivity contribution is -0.183. The molecule has 1 saturated carbocycles. The molecule has 0 aromatic carbocycles. The highest BCUT2D eigenvalue weighted by atomic mass is 16.7. The molecule has 0 N–H and O–H groups in total. The van der Waals surface area contributed by atoms with Crippen molar-refractivity contribution in [1.82, 2.24) is 4.90 Å². The van der Waals surface area contributed by atoms with Crippen LogP contribution < -0.4 is 0 Å². The molecule has 0 unspecified atom stereocenters. The van der Waals surface area contributed by atoms with E-state index < -0.39 is 0 Å². The zero-order chi connectivity index (χ0) is 11.2. The summed E-state index contributed by atoms with van der Waals surface area (Å²) in [7, 11) is 0. The molecule has 1 aliphatic carbocycles. The molecule has 2 aliphatic rings. The molecule has 1 saturated heterocycles. The summed E-state index contributed by atoms with van der Waals surface area (Å²) < 4.78 is 11.2. The third-order valence-corrected chi connectivity index (χ3v) is 3.80. The average molecular weight is 227 g/mol. The predicted molar refractivity (Wildman–Crippen MR) is 64.4 cm³/mol. The van der Waals surface area contributed by atoms with Gasteiger partial charge in [-0.3, -0.25) is 0 Å². The maximum atomic E-state index is 5.59. The van der Waals surface area contributed by atoms with Gasteiger partial charge in [0.15, 0.2) is 6.29 Å². The minimum atomic E-state index is 0.0594. The minimum absolute atomic E-state index is 0.0594. The van der Waals surface area contributed by atoms with Crippen LogP contribution in [0.2, 0.25) is 0 Å². The van der Waals surface area contributed by atoms with Gasteiger partial charge < -0.3 is 14.4 Å². The fourth-order valence-corrected chi connectivity index (χ4v) is 2.84. The highest BCUT2D eigenvalue weighted by molar-refractivity contribution is 4.77. The Morgan fingerprint density at radius 2 is 1.75 bits per heavy atom. The van der Waals surface area contributed by atoms with Gasteiger partial charge >= 0.3 is 0 Å². The van der Waals surface area contributed by atoms with E-state index in [0.717, 1.165) is 45.2 Å². The zero-order valence-corrected chi connectivity index (χ0v) is 10.5. The van der Waals surface area contributed by atoms with E-state index in [2.05, 4.69) is 11.8 Å². The van der Waals surface area contributed by atoms with Crippen molar-refractivity contribution in [1.29, 1.82) is 0 Å². The number of hydrogen-bond donors (Lipinski definition) is 0. The molecule has 2 fully saturated rings. The first-order chi connectivity index (χ1) is 7.90. The van der Waals surface area contributed by atoms with Crippen molar-refractivity contribution >= 4 is 0 Å². The van der Waals surface area contributed by atoms with Gasteiger partial charge in [0.05, 0.1) is 13.2 Å². The standard InChI is InChI=1S/C13H25NO2/c1-2-14(12-6-3-4-7-12)9-8-13-15-10-5-11-16-13/h12-13H,2-11H2,1H3. The van der Waals surface area contributed by atoms with Crippen molar-refractivity contribution in [2.45, 2.75) is 57.8 Å². The molecule has 3 heteroatoms. The van der Waals surface area contributed by atoms with E-state index >= 15 is 0 Å². The highest BCUT2D eigenvalue weighted by Gasteiger charge is 2.22. The third-order valence-electron chi connectivity index (χ3n) is 3.80. The molecule has 3 nitrogen and oxygen atoms in total. The van der Waals surface area contributed by atoms with Crippen LogP contribution in [0, 0.1) is 0 Å². The Morgan fingerprint density at radius 3 is 2.38 bits per heavy atom. The van der Waals surface area contributed by atoms with Gasteiger partial charge in [-0.15, -0.1) is 0 Å². The van der Waals surface area contributed by atoms with Crippen LogP contribution in [0.4, 0.5) is 0 Å². The first-order valence-corrected chi connectivity index (χ1v) is 6.87. The van der Waals surface area contributed by atoms with E-state index in [-0.39, 0.29) is 6.29 Å². The van der Waals surface area contributed by atoms with Gasteiger partial charge in [0.1, 0.15) is 0 Å². The van der Waals surface area contributed by atoms with Crippen LogP contribution in [0.3, 0.4) is 0 Å². The van der Waals surface area contributed by atoms with Gasteiger partial charge in [-0.05, 0) is 25.8 Å². The van der Waals surface area contributed by atoms with E-state index in [9.17, 15) is 0 Å². The molecule has 94 valence electrons. The van der Waals surface area contributed by atoms with Crippen LogP contribution in [0.15, 0.2) is 0 Å². The Bertz CT molecular complexity index is 186. The fourth-order valence-electron chi connectivity index (χ4n) is 2.84. The molecule has 0 atom stereocenters.